The average molecular weight is 237 g/mol. The molecule has 3 N–H and O–H groups in total. The number of aromatic nitrogens is 3. The molecule has 6 heteroatoms. The number of rotatable bonds is 3. The molecule has 0 bridgehead atoms. The number of nitrogens with one attached hydrogen (secondary N) is 1. The lowest BCUT2D eigenvalue weighted by Crippen LogP contribution is -2.32. The van der Waals surface area contributed by atoms with E-state index in [2.05, 4.69) is 15.4 Å². The number of fused-ring (bicyclic) bond motifs is 1. The fourth-order valence-electron chi connectivity index (χ4n) is 2.66. The van der Waals surface area contributed by atoms with Gasteiger partial charge in [0.1, 0.15) is 0 Å². The van der Waals surface area contributed by atoms with Crippen LogP contribution in [0.5, 0.6) is 0 Å². The van der Waals surface area contributed by atoms with Gasteiger partial charge in [-0.3, -0.25) is 0 Å². The summed E-state index contributed by atoms with van der Waals surface area (Å²) in [4.78, 5) is 4.47. The van der Waals surface area contributed by atoms with E-state index in [9.17, 15) is 0 Å². The van der Waals surface area contributed by atoms with Crippen LogP contribution in [-0.4, -0.2) is 40.6 Å². The van der Waals surface area contributed by atoms with Gasteiger partial charge in [-0.2, -0.15) is 10.1 Å². The van der Waals surface area contributed by atoms with E-state index in [1.54, 1.807) is 0 Å². The second kappa shape index (κ2) is 4.62. The molecule has 2 aliphatic rings. The molecule has 0 radical (unpaired) electrons. The average Bonchev–Trinajstić information content (AvgIpc) is 2.97. The Morgan fingerprint density at radius 2 is 2.41 bits per heavy atom. The van der Waals surface area contributed by atoms with Crippen molar-refractivity contribution in [3.8, 4) is 0 Å². The van der Waals surface area contributed by atoms with Crippen LogP contribution in [0.4, 0.5) is 5.95 Å². The highest BCUT2D eigenvalue weighted by atomic mass is 16.5. The molecule has 2 unspecified atom stereocenters. The van der Waals surface area contributed by atoms with E-state index >= 15 is 0 Å². The van der Waals surface area contributed by atoms with Gasteiger partial charge in [0, 0.05) is 19.6 Å². The van der Waals surface area contributed by atoms with Gasteiger partial charge in [-0.1, -0.05) is 0 Å². The maximum absolute atomic E-state index is 5.78. The summed E-state index contributed by atoms with van der Waals surface area (Å²) in [5, 5.41) is 7.84. The van der Waals surface area contributed by atoms with Crippen molar-refractivity contribution in [3.05, 3.63) is 5.82 Å². The molecule has 94 valence electrons. The number of hydrogen-bond acceptors (Lipinski definition) is 5. The predicted octanol–water partition coefficient (Wildman–Crippen LogP) is 0.315. The van der Waals surface area contributed by atoms with E-state index in [0.717, 1.165) is 50.6 Å². The highest BCUT2D eigenvalue weighted by Crippen LogP contribution is 2.31. The highest BCUT2D eigenvalue weighted by Gasteiger charge is 2.32. The summed E-state index contributed by atoms with van der Waals surface area (Å²) >= 11 is 0. The summed E-state index contributed by atoms with van der Waals surface area (Å²) in [5.41, 5.74) is 5.54. The van der Waals surface area contributed by atoms with Crippen molar-refractivity contribution in [1.82, 2.24) is 14.8 Å². The van der Waals surface area contributed by atoms with Gasteiger partial charge in [0.05, 0.1) is 12.1 Å². The van der Waals surface area contributed by atoms with E-state index in [-0.39, 0.29) is 0 Å². The molecule has 0 aromatic carbocycles. The van der Waals surface area contributed by atoms with Gasteiger partial charge in [0.25, 0.3) is 0 Å². The van der Waals surface area contributed by atoms with Crippen molar-refractivity contribution < 1.29 is 4.74 Å². The Labute approximate surface area is 101 Å². The number of anilines is 1. The first-order valence-corrected chi connectivity index (χ1v) is 6.39. The molecule has 3 rings (SSSR count). The molecule has 0 spiro atoms. The van der Waals surface area contributed by atoms with E-state index in [1.165, 1.54) is 0 Å². The fraction of sp³-hybridized carbons (Fsp3) is 0.818. The van der Waals surface area contributed by atoms with Gasteiger partial charge in [-0.05, 0) is 25.8 Å². The zero-order chi connectivity index (χ0) is 11.7. The minimum Gasteiger partial charge on any atom is -0.376 e. The third kappa shape index (κ3) is 2.02. The predicted molar refractivity (Wildman–Crippen MR) is 63.9 cm³/mol. The lowest BCUT2D eigenvalue weighted by Gasteiger charge is -2.28. The minimum absolute atomic E-state index is 0.309. The van der Waals surface area contributed by atoms with E-state index in [4.69, 9.17) is 10.5 Å². The third-order valence-electron chi connectivity index (χ3n) is 3.47. The third-order valence-corrected chi connectivity index (χ3v) is 3.47. The fourth-order valence-corrected chi connectivity index (χ4v) is 2.66. The molecular weight excluding hydrogens is 218 g/mol. The van der Waals surface area contributed by atoms with Gasteiger partial charge in [-0.15, -0.1) is 0 Å². The first kappa shape index (κ1) is 11.0. The highest BCUT2D eigenvalue weighted by molar-refractivity contribution is 5.28. The zero-order valence-corrected chi connectivity index (χ0v) is 9.93. The molecule has 2 atom stereocenters. The van der Waals surface area contributed by atoms with Crippen molar-refractivity contribution in [2.45, 2.75) is 37.8 Å². The molecule has 6 nitrogen and oxygen atoms in total. The Bertz CT molecular complexity index is 385. The Morgan fingerprint density at radius 1 is 1.47 bits per heavy atom. The molecule has 0 aliphatic carbocycles. The lowest BCUT2D eigenvalue weighted by molar-refractivity contribution is 0.0589. The van der Waals surface area contributed by atoms with Crippen molar-refractivity contribution in [3.63, 3.8) is 0 Å². The van der Waals surface area contributed by atoms with Crippen LogP contribution < -0.4 is 11.1 Å². The molecule has 1 aromatic rings. The van der Waals surface area contributed by atoms with E-state index < -0.39 is 0 Å². The van der Waals surface area contributed by atoms with Crippen LogP contribution in [0.25, 0.3) is 0 Å². The van der Waals surface area contributed by atoms with Gasteiger partial charge >= 0.3 is 0 Å². The van der Waals surface area contributed by atoms with E-state index in [1.807, 2.05) is 4.68 Å². The van der Waals surface area contributed by atoms with Crippen molar-refractivity contribution in [2.24, 2.45) is 5.73 Å². The summed E-state index contributed by atoms with van der Waals surface area (Å²) in [6, 6.07) is 0.341. The normalized spacial score (nSPS) is 27.8. The summed E-state index contributed by atoms with van der Waals surface area (Å²) in [6.45, 7) is 2.42. The molecular formula is C11H19N5O. The molecule has 17 heavy (non-hydrogen) atoms. The van der Waals surface area contributed by atoms with Crippen LogP contribution in [-0.2, 0) is 11.2 Å². The first-order valence-electron chi connectivity index (χ1n) is 6.39. The van der Waals surface area contributed by atoms with Crippen LogP contribution >= 0.6 is 0 Å². The van der Waals surface area contributed by atoms with Crippen LogP contribution in [0.2, 0.25) is 0 Å². The first-order chi connectivity index (χ1) is 8.38. The van der Waals surface area contributed by atoms with Crippen LogP contribution in [0.1, 0.15) is 31.1 Å². The maximum Gasteiger partial charge on any atom is 0.221 e. The topological polar surface area (TPSA) is 78.0 Å². The SMILES string of the molecule is NCCc1nc2n(n1)C(C1CCCO1)CCN2. The lowest BCUT2D eigenvalue weighted by atomic mass is 10.0. The molecule has 1 fully saturated rings. The maximum atomic E-state index is 5.78. The molecule has 0 saturated carbocycles. The molecule has 1 saturated heterocycles. The number of nitrogens with two attached hydrogens (primary N) is 1. The summed E-state index contributed by atoms with van der Waals surface area (Å²) in [6.07, 6.45) is 4.40. The van der Waals surface area contributed by atoms with Crippen LogP contribution in [0.3, 0.4) is 0 Å². The summed E-state index contributed by atoms with van der Waals surface area (Å²) in [7, 11) is 0. The molecule has 1 aromatic heterocycles. The van der Waals surface area contributed by atoms with Gasteiger partial charge in [0.2, 0.25) is 5.95 Å². The van der Waals surface area contributed by atoms with Gasteiger partial charge in [0.15, 0.2) is 5.82 Å². The number of ether oxygens (including phenoxy) is 1. The Balaban J connectivity index is 1.84. The molecule has 0 amide bonds. The monoisotopic (exact) mass is 237 g/mol. The van der Waals surface area contributed by atoms with Gasteiger partial charge in [-0.25, -0.2) is 4.68 Å². The Hall–Kier alpha value is -1.14. The number of nitrogens with zero attached hydrogens (tertiary/aromatic N) is 3. The van der Waals surface area contributed by atoms with Crippen molar-refractivity contribution >= 4 is 5.95 Å². The minimum atomic E-state index is 0.309. The Morgan fingerprint density at radius 3 is 3.18 bits per heavy atom. The standard InChI is InChI=1S/C11H19N5O/c12-5-3-10-14-11-13-6-4-8(16(11)15-10)9-2-1-7-17-9/h8-9H,1-7,12H2,(H,13,14,15). The smallest absolute Gasteiger partial charge is 0.221 e. The Kier molecular flexibility index (Phi) is 2.98. The second-order valence-corrected chi connectivity index (χ2v) is 4.67. The second-order valence-electron chi connectivity index (χ2n) is 4.67. The van der Waals surface area contributed by atoms with Gasteiger partial charge < -0.3 is 15.8 Å². The van der Waals surface area contributed by atoms with Crippen LogP contribution in [0.15, 0.2) is 0 Å². The number of hydrogen-bond donors (Lipinski definition) is 2. The van der Waals surface area contributed by atoms with Crippen molar-refractivity contribution in [1.29, 1.82) is 0 Å². The summed E-state index contributed by atoms with van der Waals surface area (Å²) in [5.74, 6) is 1.71. The summed E-state index contributed by atoms with van der Waals surface area (Å²) < 4.78 is 7.78. The molecule has 2 aliphatic heterocycles. The van der Waals surface area contributed by atoms with Crippen LogP contribution in [0, 0.1) is 0 Å². The van der Waals surface area contributed by atoms with Crippen molar-refractivity contribution in [2.75, 3.05) is 25.0 Å². The van der Waals surface area contributed by atoms with E-state index in [0.29, 0.717) is 18.7 Å². The largest absolute Gasteiger partial charge is 0.376 e. The molecule has 3 heterocycles. The quantitative estimate of drug-likeness (QED) is 0.791. The zero-order valence-electron chi connectivity index (χ0n) is 9.93.